The van der Waals surface area contributed by atoms with Crippen molar-refractivity contribution in [1.29, 1.82) is 5.26 Å². The number of rotatable bonds is 4. The molecule has 2 aromatic rings. The third-order valence-corrected chi connectivity index (χ3v) is 7.40. The van der Waals surface area contributed by atoms with Crippen molar-refractivity contribution >= 4 is 35.2 Å². The van der Waals surface area contributed by atoms with Gasteiger partial charge in [-0.3, -0.25) is 14.6 Å². The molecule has 0 bridgehead atoms. The number of aryl methyl sites for hydroxylation is 2. The first-order valence-electron chi connectivity index (χ1n) is 12.4. The second-order valence-electron chi connectivity index (χ2n) is 9.87. The van der Waals surface area contributed by atoms with Crippen LogP contribution in [0.15, 0.2) is 30.0 Å². The Hall–Kier alpha value is -3.31. The van der Waals surface area contributed by atoms with Crippen LogP contribution in [0.25, 0.3) is 6.08 Å². The van der Waals surface area contributed by atoms with E-state index >= 15 is 0 Å². The van der Waals surface area contributed by atoms with Gasteiger partial charge in [-0.15, -0.1) is 0 Å². The number of nitriles is 1. The van der Waals surface area contributed by atoms with Crippen molar-refractivity contribution in [3.63, 3.8) is 0 Å². The van der Waals surface area contributed by atoms with Crippen molar-refractivity contribution in [2.75, 3.05) is 18.4 Å². The summed E-state index contributed by atoms with van der Waals surface area (Å²) in [5.74, 6) is -3.37. The highest BCUT2D eigenvalue weighted by Crippen LogP contribution is 2.37. The first kappa shape index (κ1) is 26.7. The number of halogens is 3. The molecule has 1 aliphatic carbocycles. The highest BCUT2D eigenvalue weighted by atomic mass is 35.5. The molecule has 9 heteroatoms. The number of piperidine rings is 1. The number of carbonyl (C=O) groups excluding carboxylic acids is 2. The Morgan fingerprint density at radius 3 is 2.51 bits per heavy atom. The van der Waals surface area contributed by atoms with Gasteiger partial charge in [-0.25, -0.2) is 8.78 Å². The average Bonchev–Trinajstić information content (AvgIpc) is 2.86. The number of anilines is 1. The minimum atomic E-state index is -2.65. The number of aromatic nitrogens is 1. The Bertz CT molecular complexity index is 1280. The van der Waals surface area contributed by atoms with E-state index in [1.807, 2.05) is 19.1 Å². The smallest absolute Gasteiger partial charge is 0.257 e. The van der Waals surface area contributed by atoms with Crippen LogP contribution in [0, 0.1) is 31.1 Å². The molecule has 1 aromatic heterocycles. The van der Waals surface area contributed by atoms with E-state index in [2.05, 4.69) is 10.3 Å². The van der Waals surface area contributed by atoms with Crippen LogP contribution < -0.4 is 5.32 Å². The molecule has 2 amide bonds. The fraction of sp³-hybridized carbons (Fsp3) is 0.429. The quantitative estimate of drug-likeness (QED) is 0.506. The monoisotopic (exact) mass is 526 g/mol. The van der Waals surface area contributed by atoms with Crippen LogP contribution in [0.1, 0.15) is 71.3 Å². The number of benzene rings is 1. The van der Waals surface area contributed by atoms with Crippen LogP contribution in [0.3, 0.4) is 0 Å². The molecule has 1 N–H and O–H groups in total. The summed E-state index contributed by atoms with van der Waals surface area (Å²) < 4.78 is 26.9. The molecular formula is C28H29ClF2N4O2. The van der Waals surface area contributed by atoms with E-state index in [1.54, 1.807) is 24.0 Å². The predicted octanol–water partition coefficient (Wildman–Crippen LogP) is 6.31. The summed E-state index contributed by atoms with van der Waals surface area (Å²) in [4.78, 5) is 31.8. The molecule has 6 nitrogen and oxygen atoms in total. The van der Waals surface area contributed by atoms with Crippen LogP contribution in [-0.4, -0.2) is 40.7 Å². The summed E-state index contributed by atoms with van der Waals surface area (Å²) in [6.45, 7) is 4.63. The lowest BCUT2D eigenvalue weighted by atomic mass is 9.85. The van der Waals surface area contributed by atoms with Gasteiger partial charge >= 0.3 is 0 Å². The summed E-state index contributed by atoms with van der Waals surface area (Å²) in [5, 5.41) is 12.7. The standard InChI is InChI=1S/C28H29ClF2N4O2/c1-17-11-24(29)14-21(25(17)34-26(36)23-13-22(15-32)18(2)33-16-23)12-19-5-9-35(10-6-19)27(37)20-3-7-28(30,31)8-4-20/h11-14,16,20H,3-10H2,1-2H3,(H,34,36). The maximum Gasteiger partial charge on any atom is 0.257 e. The number of amides is 2. The number of likely N-dealkylation sites (tertiary alicyclic amines) is 1. The van der Waals surface area contributed by atoms with Gasteiger partial charge < -0.3 is 10.2 Å². The van der Waals surface area contributed by atoms with Crippen LogP contribution in [0.4, 0.5) is 14.5 Å². The molecule has 1 saturated carbocycles. The van der Waals surface area contributed by atoms with E-state index in [4.69, 9.17) is 11.6 Å². The number of hydrogen-bond donors (Lipinski definition) is 1. The van der Waals surface area contributed by atoms with Crippen molar-refractivity contribution in [3.8, 4) is 6.07 Å². The molecule has 0 atom stereocenters. The summed E-state index contributed by atoms with van der Waals surface area (Å²) in [5.41, 5.74) is 4.44. The second-order valence-corrected chi connectivity index (χ2v) is 10.3. The Morgan fingerprint density at radius 1 is 1.19 bits per heavy atom. The molecule has 0 spiro atoms. The Morgan fingerprint density at radius 2 is 1.86 bits per heavy atom. The molecule has 194 valence electrons. The Labute approximate surface area is 220 Å². The van der Waals surface area contributed by atoms with E-state index in [9.17, 15) is 23.6 Å². The highest BCUT2D eigenvalue weighted by Gasteiger charge is 2.38. The van der Waals surface area contributed by atoms with Gasteiger partial charge in [0.05, 0.1) is 22.5 Å². The van der Waals surface area contributed by atoms with Gasteiger partial charge in [-0.2, -0.15) is 5.26 Å². The lowest BCUT2D eigenvalue weighted by molar-refractivity contribution is -0.140. The SMILES string of the molecule is Cc1cc(Cl)cc(C=C2CCN(C(=O)C3CCC(F)(F)CC3)CC2)c1NC(=O)c1cnc(C)c(C#N)c1. The molecule has 1 aromatic carbocycles. The van der Waals surface area contributed by atoms with Gasteiger partial charge in [0.2, 0.25) is 11.8 Å². The minimum absolute atomic E-state index is 0.0236. The van der Waals surface area contributed by atoms with Crippen LogP contribution in [0.2, 0.25) is 5.02 Å². The third kappa shape index (κ3) is 6.34. The average molecular weight is 527 g/mol. The fourth-order valence-corrected chi connectivity index (χ4v) is 5.21. The highest BCUT2D eigenvalue weighted by molar-refractivity contribution is 6.31. The van der Waals surface area contributed by atoms with Gasteiger partial charge in [0.25, 0.3) is 5.91 Å². The first-order valence-corrected chi connectivity index (χ1v) is 12.8. The molecule has 37 heavy (non-hydrogen) atoms. The summed E-state index contributed by atoms with van der Waals surface area (Å²) in [6.07, 6.45) is 4.77. The topological polar surface area (TPSA) is 86.1 Å². The molecule has 4 rings (SSSR count). The molecule has 0 radical (unpaired) electrons. The zero-order valence-corrected chi connectivity index (χ0v) is 21.7. The van der Waals surface area contributed by atoms with Crippen LogP contribution >= 0.6 is 11.6 Å². The lowest BCUT2D eigenvalue weighted by Gasteiger charge is -2.34. The van der Waals surface area contributed by atoms with E-state index in [-0.39, 0.29) is 49.0 Å². The molecule has 1 saturated heterocycles. The molecule has 2 aliphatic rings. The third-order valence-electron chi connectivity index (χ3n) is 7.18. The first-order chi connectivity index (χ1) is 17.6. The van der Waals surface area contributed by atoms with Gasteiger partial charge in [-0.05, 0) is 68.9 Å². The molecule has 2 fully saturated rings. The fourth-order valence-electron chi connectivity index (χ4n) is 4.93. The van der Waals surface area contributed by atoms with Gasteiger partial charge in [-0.1, -0.05) is 23.3 Å². The van der Waals surface area contributed by atoms with Gasteiger partial charge in [0.1, 0.15) is 6.07 Å². The van der Waals surface area contributed by atoms with E-state index in [1.165, 1.54) is 12.3 Å². The zero-order chi connectivity index (χ0) is 26.7. The van der Waals surface area contributed by atoms with Crippen LogP contribution in [0.5, 0.6) is 0 Å². The number of carbonyl (C=O) groups is 2. The number of nitrogens with zero attached hydrogens (tertiary/aromatic N) is 3. The number of hydrogen-bond acceptors (Lipinski definition) is 4. The predicted molar refractivity (Wildman–Crippen MR) is 139 cm³/mol. The second kappa shape index (κ2) is 11.0. The maximum absolute atomic E-state index is 13.5. The molecular weight excluding hydrogens is 498 g/mol. The summed E-state index contributed by atoms with van der Waals surface area (Å²) >= 11 is 6.33. The van der Waals surface area contributed by atoms with Gasteiger partial charge in [0, 0.05) is 43.1 Å². The van der Waals surface area contributed by atoms with Gasteiger partial charge in [0.15, 0.2) is 0 Å². The number of nitrogens with one attached hydrogen (secondary N) is 1. The van der Waals surface area contributed by atoms with Crippen molar-refractivity contribution in [1.82, 2.24) is 9.88 Å². The molecule has 0 unspecified atom stereocenters. The van der Waals surface area contributed by atoms with E-state index in [0.29, 0.717) is 47.9 Å². The Balaban J connectivity index is 1.47. The molecule has 2 heterocycles. The van der Waals surface area contributed by atoms with Crippen molar-refractivity contribution in [2.24, 2.45) is 5.92 Å². The van der Waals surface area contributed by atoms with E-state index in [0.717, 1.165) is 16.7 Å². The lowest BCUT2D eigenvalue weighted by Crippen LogP contribution is -2.42. The van der Waals surface area contributed by atoms with E-state index < -0.39 is 5.92 Å². The Kier molecular flexibility index (Phi) is 7.93. The molecule has 1 aliphatic heterocycles. The minimum Gasteiger partial charge on any atom is -0.342 e. The van der Waals surface area contributed by atoms with Crippen molar-refractivity contribution in [2.45, 2.75) is 58.3 Å². The summed E-state index contributed by atoms with van der Waals surface area (Å²) in [7, 11) is 0. The van der Waals surface area contributed by atoms with Crippen LogP contribution in [-0.2, 0) is 4.79 Å². The maximum atomic E-state index is 13.5. The van der Waals surface area contributed by atoms with Crippen molar-refractivity contribution < 1.29 is 18.4 Å². The zero-order valence-electron chi connectivity index (χ0n) is 20.9. The largest absolute Gasteiger partial charge is 0.342 e. The summed E-state index contributed by atoms with van der Waals surface area (Å²) in [6, 6.07) is 7.11. The van der Waals surface area contributed by atoms with Crippen molar-refractivity contribution in [3.05, 3.63) is 62.9 Å². The number of alkyl halides is 2. The normalized spacial score (nSPS) is 17.7. The number of pyridine rings is 1.